The number of amides is 1. The maximum atomic E-state index is 12.9. The molecule has 0 saturated heterocycles. The summed E-state index contributed by atoms with van der Waals surface area (Å²) in [7, 11) is -7.58. The first-order valence-corrected chi connectivity index (χ1v) is 14.0. The maximum Gasteiger partial charge on any atom is 0.263 e. The highest BCUT2D eigenvalue weighted by Crippen LogP contribution is 2.25. The number of nitrogens with one attached hydrogen (secondary N) is 2. The van der Waals surface area contributed by atoms with Crippen LogP contribution in [0.2, 0.25) is 0 Å². The van der Waals surface area contributed by atoms with Crippen molar-refractivity contribution in [3.63, 3.8) is 0 Å². The fourth-order valence-electron chi connectivity index (χ4n) is 3.30. The molecule has 1 heterocycles. The molecule has 0 aliphatic rings. The van der Waals surface area contributed by atoms with Gasteiger partial charge in [-0.25, -0.2) is 21.8 Å². The van der Waals surface area contributed by atoms with Gasteiger partial charge in [0.05, 0.1) is 16.8 Å². The van der Waals surface area contributed by atoms with Crippen molar-refractivity contribution in [2.75, 3.05) is 20.6 Å². The van der Waals surface area contributed by atoms with E-state index in [-0.39, 0.29) is 10.0 Å². The summed E-state index contributed by atoms with van der Waals surface area (Å²) in [6, 6.07) is 9.82. The molecule has 0 bridgehead atoms. The second-order valence-electron chi connectivity index (χ2n) is 7.54. The van der Waals surface area contributed by atoms with Gasteiger partial charge in [0.1, 0.15) is 6.04 Å². The van der Waals surface area contributed by atoms with Crippen molar-refractivity contribution in [3.8, 4) is 0 Å². The van der Waals surface area contributed by atoms with Gasteiger partial charge < -0.3 is 5.32 Å². The molecule has 0 unspecified atom stereocenters. The summed E-state index contributed by atoms with van der Waals surface area (Å²) in [5, 5.41) is 4.54. The minimum Gasteiger partial charge on any atom is -0.324 e. The Hall–Kier alpha value is -2.96. The molecule has 3 rings (SSSR count). The number of aryl methyl sites for hydroxylation is 2. The van der Waals surface area contributed by atoms with Crippen LogP contribution >= 0.6 is 11.3 Å². The van der Waals surface area contributed by atoms with Gasteiger partial charge in [0.15, 0.2) is 5.13 Å². The molecule has 1 atom stereocenters. The van der Waals surface area contributed by atoms with E-state index in [4.69, 9.17) is 0 Å². The summed E-state index contributed by atoms with van der Waals surface area (Å²) < 4.78 is 53.3. The Kier molecular flexibility index (Phi) is 7.10. The first-order valence-electron chi connectivity index (χ1n) is 9.78. The van der Waals surface area contributed by atoms with Gasteiger partial charge in [0.2, 0.25) is 15.9 Å². The van der Waals surface area contributed by atoms with Crippen molar-refractivity contribution in [3.05, 3.63) is 65.2 Å². The average Bonchev–Trinajstić information content (AvgIpc) is 3.19. The largest absolute Gasteiger partial charge is 0.324 e. The van der Waals surface area contributed by atoms with Gasteiger partial charge in [-0.3, -0.25) is 13.8 Å². The lowest BCUT2D eigenvalue weighted by Crippen LogP contribution is -2.45. The molecule has 2 aromatic carbocycles. The molecule has 1 aromatic heterocycles. The molecule has 176 valence electrons. The van der Waals surface area contributed by atoms with Crippen molar-refractivity contribution >= 4 is 53.8 Å². The highest BCUT2D eigenvalue weighted by molar-refractivity contribution is 7.93. The summed E-state index contributed by atoms with van der Waals surface area (Å²) in [5.74, 6) is -0.559. The van der Waals surface area contributed by atoms with Crippen LogP contribution in [0.3, 0.4) is 0 Å². The summed E-state index contributed by atoms with van der Waals surface area (Å²) >= 11 is 1.15. The molecule has 12 heteroatoms. The summed E-state index contributed by atoms with van der Waals surface area (Å²) in [5.41, 5.74) is 2.46. The number of rotatable bonds is 8. The van der Waals surface area contributed by atoms with Gasteiger partial charge in [-0.1, -0.05) is 6.07 Å². The number of hydrogen-bond donors (Lipinski definition) is 2. The number of hydrogen-bond acceptors (Lipinski definition) is 7. The number of nitrogens with zero attached hydrogens (tertiary/aromatic N) is 2. The van der Waals surface area contributed by atoms with Gasteiger partial charge in [-0.2, -0.15) is 0 Å². The van der Waals surface area contributed by atoms with Gasteiger partial charge in [0.25, 0.3) is 10.0 Å². The minimum absolute atomic E-state index is 0.00301. The second kappa shape index (κ2) is 9.49. The Labute approximate surface area is 197 Å². The van der Waals surface area contributed by atoms with E-state index in [0.717, 1.165) is 33.0 Å². The third-order valence-corrected chi connectivity index (χ3v) is 8.05. The molecule has 0 fully saturated rings. The highest BCUT2D eigenvalue weighted by Gasteiger charge is 2.29. The Balaban J connectivity index is 1.79. The summed E-state index contributed by atoms with van der Waals surface area (Å²) in [4.78, 5) is 16.8. The molecule has 0 aliphatic heterocycles. The van der Waals surface area contributed by atoms with E-state index in [1.165, 1.54) is 37.4 Å². The average molecular weight is 509 g/mol. The molecule has 0 saturated carbocycles. The lowest BCUT2D eigenvalue weighted by atomic mass is 10.1. The normalized spacial score (nSPS) is 12.7. The van der Waals surface area contributed by atoms with Crippen molar-refractivity contribution in [2.24, 2.45) is 0 Å². The maximum absolute atomic E-state index is 12.9. The number of benzene rings is 2. The van der Waals surface area contributed by atoms with Gasteiger partial charge in [-0.05, 0) is 68.3 Å². The first-order chi connectivity index (χ1) is 15.4. The third kappa shape index (κ3) is 6.09. The van der Waals surface area contributed by atoms with Crippen molar-refractivity contribution in [2.45, 2.75) is 31.7 Å². The Morgan fingerprint density at radius 1 is 1.03 bits per heavy atom. The first kappa shape index (κ1) is 24.7. The van der Waals surface area contributed by atoms with E-state index in [1.54, 1.807) is 17.5 Å². The fraction of sp³-hybridized carbons (Fsp3) is 0.238. The van der Waals surface area contributed by atoms with E-state index in [0.29, 0.717) is 11.4 Å². The molecule has 0 spiro atoms. The lowest BCUT2D eigenvalue weighted by molar-refractivity contribution is -0.116. The van der Waals surface area contributed by atoms with Crippen LogP contribution < -0.4 is 14.3 Å². The highest BCUT2D eigenvalue weighted by atomic mass is 32.2. The number of carbonyl (C=O) groups is 1. The van der Waals surface area contributed by atoms with Crippen LogP contribution in [-0.2, 0) is 24.8 Å². The fourth-order valence-corrected chi connectivity index (χ4v) is 6.25. The zero-order chi connectivity index (χ0) is 24.4. The second-order valence-corrected chi connectivity index (χ2v) is 12.0. The Morgan fingerprint density at radius 3 is 2.15 bits per heavy atom. The van der Waals surface area contributed by atoms with Crippen LogP contribution in [0.1, 0.15) is 18.1 Å². The predicted octanol–water partition coefficient (Wildman–Crippen LogP) is 3.35. The molecule has 0 aliphatic carbocycles. The zero-order valence-corrected chi connectivity index (χ0v) is 20.9. The number of carbonyl (C=O) groups excluding carboxylic acids is 1. The molecule has 9 nitrogen and oxygen atoms in total. The zero-order valence-electron chi connectivity index (χ0n) is 18.4. The summed E-state index contributed by atoms with van der Waals surface area (Å²) in [6.45, 7) is 5.19. The molecule has 2 N–H and O–H groups in total. The monoisotopic (exact) mass is 508 g/mol. The molecule has 33 heavy (non-hydrogen) atoms. The lowest BCUT2D eigenvalue weighted by Gasteiger charge is -2.28. The van der Waals surface area contributed by atoms with E-state index in [1.807, 2.05) is 19.9 Å². The van der Waals surface area contributed by atoms with Crippen molar-refractivity contribution < 1.29 is 21.6 Å². The van der Waals surface area contributed by atoms with Crippen LogP contribution in [-0.4, -0.2) is 40.0 Å². The molecular formula is C21H24N4O5S3. The van der Waals surface area contributed by atoms with Crippen LogP contribution in [0.15, 0.2) is 58.9 Å². The topological polar surface area (TPSA) is 126 Å². The number of aromatic nitrogens is 1. The third-order valence-electron chi connectivity index (χ3n) is 4.64. The van der Waals surface area contributed by atoms with Crippen LogP contribution in [0, 0.1) is 13.8 Å². The van der Waals surface area contributed by atoms with Gasteiger partial charge in [0, 0.05) is 17.3 Å². The smallest absolute Gasteiger partial charge is 0.263 e. The van der Waals surface area contributed by atoms with Crippen LogP contribution in [0.4, 0.5) is 16.5 Å². The SMILES string of the molecule is Cc1cc(C)cc(N([C@H](C)C(=O)Nc2ccc(S(=O)(=O)Nc3nccs3)cc2)S(C)(=O)=O)c1. The molecule has 0 radical (unpaired) electrons. The summed E-state index contributed by atoms with van der Waals surface area (Å²) in [6.07, 6.45) is 2.53. The van der Waals surface area contributed by atoms with Crippen LogP contribution in [0.25, 0.3) is 0 Å². The van der Waals surface area contributed by atoms with Gasteiger partial charge >= 0.3 is 0 Å². The minimum atomic E-state index is -3.82. The molecule has 3 aromatic rings. The van der Waals surface area contributed by atoms with E-state index in [9.17, 15) is 21.6 Å². The van der Waals surface area contributed by atoms with Gasteiger partial charge in [-0.15, -0.1) is 11.3 Å². The number of anilines is 3. The number of thiazole rings is 1. The van der Waals surface area contributed by atoms with E-state index in [2.05, 4.69) is 15.0 Å². The molecular weight excluding hydrogens is 484 g/mol. The van der Waals surface area contributed by atoms with Crippen molar-refractivity contribution in [1.29, 1.82) is 0 Å². The predicted molar refractivity (Wildman–Crippen MR) is 131 cm³/mol. The van der Waals surface area contributed by atoms with E-state index >= 15 is 0 Å². The molecule has 1 amide bonds. The standard InChI is InChI=1S/C21H24N4O5S3/c1-14-11-15(2)13-18(12-14)25(32(4,27)28)16(3)20(26)23-17-5-7-19(8-6-17)33(29,30)24-21-22-9-10-31-21/h5-13,16H,1-4H3,(H,22,24)(H,23,26)/t16-/m1/s1. The quantitative estimate of drug-likeness (QED) is 0.481. The van der Waals surface area contributed by atoms with Crippen molar-refractivity contribution in [1.82, 2.24) is 4.98 Å². The Morgan fingerprint density at radius 2 is 1.64 bits per heavy atom. The number of sulfonamides is 2. The Bertz CT molecular complexity index is 1330. The van der Waals surface area contributed by atoms with E-state index < -0.39 is 32.0 Å². The van der Waals surface area contributed by atoms with Crippen LogP contribution in [0.5, 0.6) is 0 Å².